The molecular weight excluding hydrogens is 548 g/mol. The highest BCUT2D eigenvalue weighted by Gasteiger charge is 2.45. The Hall–Kier alpha value is -5.20. The van der Waals surface area contributed by atoms with E-state index in [1.807, 2.05) is 0 Å². The predicted molar refractivity (Wildman–Crippen MR) is 147 cm³/mol. The number of ether oxygens (including phenoxy) is 1. The zero-order valence-corrected chi connectivity index (χ0v) is 22.5. The zero-order valence-electron chi connectivity index (χ0n) is 22.5. The van der Waals surface area contributed by atoms with Crippen molar-refractivity contribution in [2.24, 2.45) is 0 Å². The second-order valence-corrected chi connectivity index (χ2v) is 9.87. The minimum Gasteiger partial charge on any atom is -0.508 e. The number of amides is 4. The lowest BCUT2D eigenvalue weighted by Gasteiger charge is -2.43. The minimum atomic E-state index is -1.30. The molecule has 4 rings (SSSR count). The predicted octanol–water partition coefficient (Wildman–Crippen LogP) is 1.23. The molecule has 4 N–H and O–H groups in total. The highest BCUT2D eigenvalue weighted by molar-refractivity contribution is 6.00. The van der Waals surface area contributed by atoms with Crippen molar-refractivity contribution in [2.45, 2.75) is 50.2 Å². The van der Waals surface area contributed by atoms with Crippen LogP contribution in [-0.2, 0) is 24.0 Å². The lowest BCUT2D eigenvalue weighted by Crippen LogP contribution is -2.64. The van der Waals surface area contributed by atoms with E-state index in [4.69, 9.17) is 9.84 Å². The second-order valence-electron chi connectivity index (χ2n) is 9.87. The quantitative estimate of drug-likeness (QED) is 0.238. The van der Waals surface area contributed by atoms with E-state index in [9.17, 15) is 33.9 Å². The molecule has 3 atom stereocenters. The molecule has 220 valence electrons. The Kier molecular flexibility index (Phi) is 9.20. The lowest BCUT2D eigenvalue weighted by atomic mass is 10.0. The maximum atomic E-state index is 13.6. The number of carboxylic acids is 1. The van der Waals surface area contributed by atoms with Crippen molar-refractivity contribution >= 4 is 41.6 Å². The highest BCUT2D eigenvalue weighted by Crippen LogP contribution is 2.26. The van der Waals surface area contributed by atoms with Gasteiger partial charge in [0.15, 0.2) is 0 Å². The summed E-state index contributed by atoms with van der Waals surface area (Å²) in [5.41, 5.74) is 0.867. The molecule has 0 bridgehead atoms. The molecule has 2 saturated heterocycles. The number of aliphatic carboxylic acids is 1. The number of hydrogen-bond donors (Lipinski definition) is 4. The average molecular weight is 579 g/mol. The number of carboxylic acid groups (broad SMARTS) is 1. The first kappa shape index (κ1) is 29.8. The maximum Gasteiger partial charge on any atom is 0.305 e. The number of nitrogens with zero attached hydrogens (tertiary/aromatic N) is 2. The number of phenols is 1. The fourth-order valence-corrected chi connectivity index (χ4v) is 4.77. The molecule has 0 aliphatic carbocycles. The van der Waals surface area contributed by atoms with Crippen LogP contribution in [0, 0.1) is 0 Å². The molecule has 2 aromatic carbocycles. The van der Waals surface area contributed by atoms with Gasteiger partial charge in [-0.15, -0.1) is 0 Å². The van der Waals surface area contributed by atoms with E-state index in [1.54, 1.807) is 24.3 Å². The SMILES string of the molecule is C=C(Oc1ccc(C(=O)N[C@H]2CCC(=O)N3CCC[C@@H](C(=O)N[C@H](C=O)CC(=O)O)N3C2=O)cc1)c1ccc(O)cc1. The van der Waals surface area contributed by atoms with E-state index in [0.717, 1.165) is 5.01 Å². The van der Waals surface area contributed by atoms with E-state index in [1.165, 1.54) is 29.3 Å². The molecule has 13 heteroatoms. The van der Waals surface area contributed by atoms with Gasteiger partial charge in [-0.2, -0.15) is 0 Å². The van der Waals surface area contributed by atoms with Gasteiger partial charge in [0, 0.05) is 24.1 Å². The van der Waals surface area contributed by atoms with E-state index in [2.05, 4.69) is 17.2 Å². The van der Waals surface area contributed by atoms with Gasteiger partial charge in [-0.05, 0) is 67.8 Å². The fraction of sp³-hybridized carbons (Fsp3) is 0.310. The Balaban J connectivity index is 1.44. The molecule has 4 amide bonds. The van der Waals surface area contributed by atoms with Gasteiger partial charge in [0.2, 0.25) is 11.8 Å². The molecule has 0 spiro atoms. The summed E-state index contributed by atoms with van der Waals surface area (Å²) in [7, 11) is 0. The molecule has 0 saturated carbocycles. The van der Waals surface area contributed by atoms with Crippen LogP contribution in [0.4, 0.5) is 0 Å². The molecule has 2 heterocycles. The fourth-order valence-electron chi connectivity index (χ4n) is 4.77. The van der Waals surface area contributed by atoms with Gasteiger partial charge in [0.1, 0.15) is 35.6 Å². The van der Waals surface area contributed by atoms with Crippen LogP contribution in [0.5, 0.6) is 11.5 Å². The van der Waals surface area contributed by atoms with Crippen molar-refractivity contribution in [3.05, 3.63) is 66.2 Å². The number of aromatic hydroxyl groups is 1. The first-order valence-electron chi connectivity index (χ1n) is 13.2. The normalized spacial score (nSPS) is 19.1. The number of phenolic OH excluding ortho intramolecular Hbond substituents is 1. The van der Waals surface area contributed by atoms with Gasteiger partial charge in [0.25, 0.3) is 11.8 Å². The minimum absolute atomic E-state index is 0.00831. The summed E-state index contributed by atoms with van der Waals surface area (Å²) in [6.45, 7) is 4.06. The van der Waals surface area contributed by atoms with Gasteiger partial charge < -0.3 is 30.4 Å². The number of nitrogens with one attached hydrogen (secondary N) is 2. The van der Waals surface area contributed by atoms with Gasteiger partial charge in [-0.25, -0.2) is 5.01 Å². The number of aldehydes is 1. The number of carbonyl (C=O) groups excluding carboxylic acids is 5. The van der Waals surface area contributed by atoms with E-state index in [0.29, 0.717) is 29.8 Å². The third-order valence-electron chi connectivity index (χ3n) is 6.90. The van der Waals surface area contributed by atoms with Crippen LogP contribution in [0.3, 0.4) is 0 Å². The smallest absolute Gasteiger partial charge is 0.305 e. The Morgan fingerprint density at radius 2 is 1.71 bits per heavy atom. The van der Waals surface area contributed by atoms with E-state index < -0.39 is 54.1 Å². The van der Waals surface area contributed by atoms with Gasteiger partial charge in [0.05, 0.1) is 12.5 Å². The monoisotopic (exact) mass is 578 g/mol. The number of rotatable bonds is 10. The van der Waals surface area contributed by atoms with Gasteiger partial charge in [-0.1, -0.05) is 6.58 Å². The molecule has 2 fully saturated rings. The topological polar surface area (TPSA) is 183 Å². The number of hydrazine groups is 1. The van der Waals surface area contributed by atoms with Crippen LogP contribution in [0.2, 0.25) is 0 Å². The first-order chi connectivity index (χ1) is 20.1. The van der Waals surface area contributed by atoms with Crippen LogP contribution in [-0.4, -0.2) is 80.8 Å². The summed E-state index contributed by atoms with van der Waals surface area (Å²) in [6, 6.07) is 8.77. The Morgan fingerprint density at radius 3 is 2.36 bits per heavy atom. The van der Waals surface area contributed by atoms with Crippen molar-refractivity contribution in [2.75, 3.05) is 6.54 Å². The largest absolute Gasteiger partial charge is 0.508 e. The molecule has 0 aromatic heterocycles. The average Bonchev–Trinajstić information content (AvgIpc) is 3.09. The Morgan fingerprint density at radius 1 is 1.05 bits per heavy atom. The molecule has 42 heavy (non-hydrogen) atoms. The number of benzene rings is 2. The van der Waals surface area contributed by atoms with Gasteiger partial charge in [-0.3, -0.25) is 29.0 Å². The first-order valence-corrected chi connectivity index (χ1v) is 13.2. The number of hydrogen-bond acceptors (Lipinski definition) is 8. The summed E-state index contributed by atoms with van der Waals surface area (Å²) in [6.07, 6.45) is 0.203. The molecule has 0 unspecified atom stereocenters. The van der Waals surface area contributed by atoms with Crippen molar-refractivity contribution in [3.8, 4) is 11.5 Å². The van der Waals surface area contributed by atoms with Crippen LogP contribution in [0.1, 0.15) is 48.0 Å². The van der Waals surface area contributed by atoms with Gasteiger partial charge >= 0.3 is 5.97 Å². The summed E-state index contributed by atoms with van der Waals surface area (Å²) in [5, 5.41) is 25.6. The zero-order chi connectivity index (χ0) is 30.4. The van der Waals surface area contributed by atoms with Crippen LogP contribution >= 0.6 is 0 Å². The van der Waals surface area contributed by atoms with Crippen LogP contribution < -0.4 is 15.4 Å². The summed E-state index contributed by atoms with van der Waals surface area (Å²) >= 11 is 0. The molecule has 2 aromatic rings. The summed E-state index contributed by atoms with van der Waals surface area (Å²) in [4.78, 5) is 74.8. The standard InChI is InChI=1S/C29H30N4O9/c1-17(18-4-8-21(35)9-5-18)42-22-10-6-19(7-11-22)27(39)31-23-12-13-25(36)32-14-2-3-24(33(32)29(23)41)28(40)30-20(16-34)15-26(37)38/h4-11,16,20,23-24,35H,1-3,12-15H2,(H,30,40)(H,31,39)(H,37,38)/t20-,23-,24-/m0/s1. The van der Waals surface area contributed by atoms with Crippen molar-refractivity contribution in [1.29, 1.82) is 0 Å². The summed E-state index contributed by atoms with van der Waals surface area (Å²) in [5.74, 6) is -2.88. The lowest BCUT2D eigenvalue weighted by molar-refractivity contribution is -0.176. The van der Waals surface area contributed by atoms with Crippen LogP contribution in [0.15, 0.2) is 55.1 Å². The molecule has 13 nitrogen and oxygen atoms in total. The van der Waals surface area contributed by atoms with Crippen molar-refractivity contribution < 1.29 is 43.7 Å². The third kappa shape index (κ3) is 6.92. The number of fused-ring (bicyclic) bond motifs is 1. The van der Waals surface area contributed by atoms with E-state index >= 15 is 0 Å². The molecule has 2 aliphatic rings. The summed E-state index contributed by atoms with van der Waals surface area (Å²) < 4.78 is 5.72. The molecular formula is C29H30N4O9. The maximum absolute atomic E-state index is 13.6. The Labute approximate surface area is 240 Å². The van der Waals surface area contributed by atoms with Crippen molar-refractivity contribution in [1.82, 2.24) is 20.7 Å². The third-order valence-corrected chi connectivity index (χ3v) is 6.90. The molecule has 2 aliphatic heterocycles. The Bertz CT molecular complexity index is 1390. The number of carbonyl (C=O) groups is 6. The highest BCUT2D eigenvalue weighted by atomic mass is 16.5. The van der Waals surface area contributed by atoms with Crippen molar-refractivity contribution in [3.63, 3.8) is 0 Å². The second kappa shape index (κ2) is 13.0. The van der Waals surface area contributed by atoms with Crippen LogP contribution in [0.25, 0.3) is 5.76 Å². The van der Waals surface area contributed by atoms with E-state index in [-0.39, 0.29) is 37.1 Å². The molecule has 0 radical (unpaired) electrons.